The van der Waals surface area contributed by atoms with Crippen molar-refractivity contribution >= 4 is 88.6 Å². The van der Waals surface area contributed by atoms with Crippen molar-refractivity contribution in [3.05, 3.63) is 23.8 Å². The van der Waals surface area contributed by atoms with E-state index in [1.807, 2.05) is 0 Å². The SMILES string of the molecule is Nc1nc(O)cc(C(SC[C@H](NC(=O)CC[C@H](N)C(=O)O)C(=O)NCC(=O)O)C2CCCC(C(SC[C@H](NC(=O)CC[C@@H](N)C(=O)O)C(=O)NCC(=O)O)c3ncc(O)c(N)n3)C2=O)n1. The second kappa shape index (κ2) is 25.0. The second-order valence-corrected chi connectivity index (χ2v) is 16.8. The number of thioether (sulfide) groups is 2. The molecule has 0 aliphatic heterocycles. The van der Waals surface area contributed by atoms with Crippen LogP contribution in [0.4, 0.5) is 11.8 Å². The van der Waals surface area contributed by atoms with Crippen LogP contribution < -0.4 is 44.2 Å². The number of ketones is 1. The molecule has 27 nitrogen and oxygen atoms in total. The molecule has 0 radical (unpaired) electrons. The Kier molecular flexibility index (Phi) is 20.3. The molecule has 2 aromatic rings. The molecule has 1 saturated carbocycles. The third kappa shape index (κ3) is 16.8. The fraction of sp³-hybridized carbons (Fsp3) is 0.528. The van der Waals surface area contributed by atoms with Crippen LogP contribution in [0.25, 0.3) is 0 Å². The average Bonchev–Trinajstić information content (AvgIpc) is 3.23. The number of aromatic hydroxyl groups is 2. The van der Waals surface area contributed by atoms with E-state index in [1.54, 1.807) is 0 Å². The van der Waals surface area contributed by atoms with E-state index in [0.29, 0.717) is 6.42 Å². The van der Waals surface area contributed by atoms with Crippen molar-refractivity contribution in [2.75, 3.05) is 36.1 Å². The second-order valence-electron chi connectivity index (χ2n) is 14.5. The number of hydrogen-bond acceptors (Lipinski definition) is 21. The number of carboxylic acid groups (broad SMARTS) is 4. The maximum Gasteiger partial charge on any atom is 0.322 e. The van der Waals surface area contributed by atoms with Crippen molar-refractivity contribution in [1.29, 1.82) is 0 Å². The third-order valence-corrected chi connectivity index (χ3v) is 12.5. The Bertz CT molecular complexity index is 2080. The molecule has 1 fully saturated rings. The minimum absolute atomic E-state index is 0.0114. The average molecular weight is 955 g/mol. The van der Waals surface area contributed by atoms with E-state index in [9.17, 15) is 63.6 Å². The fourth-order valence-electron chi connectivity index (χ4n) is 6.34. The van der Waals surface area contributed by atoms with E-state index in [-0.39, 0.29) is 54.5 Å². The number of Topliss-reactive ketones (excluding diaryl/α,β-unsaturated/α-hetero) is 1. The molecule has 18 N–H and O–H groups in total. The molecule has 1 aliphatic carbocycles. The van der Waals surface area contributed by atoms with Gasteiger partial charge in [0.2, 0.25) is 35.5 Å². The molecule has 1 aliphatic rings. The first kappa shape index (κ1) is 52.8. The van der Waals surface area contributed by atoms with Gasteiger partial charge in [0.05, 0.1) is 22.4 Å². The van der Waals surface area contributed by atoms with Gasteiger partial charge in [-0.3, -0.25) is 43.2 Å². The first-order chi connectivity index (χ1) is 30.6. The fourth-order valence-corrected chi connectivity index (χ4v) is 9.17. The number of nitrogen functional groups attached to an aromatic ring is 2. The van der Waals surface area contributed by atoms with Crippen LogP contribution in [-0.2, 0) is 43.2 Å². The number of anilines is 2. The monoisotopic (exact) mass is 954 g/mol. The van der Waals surface area contributed by atoms with Crippen LogP contribution in [0.3, 0.4) is 0 Å². The summed E-state index contributed by atoms with van der Waals surface area (Å²) in [7, 11) is 0. The highest BCUT2D eigenvalue weighted by Crippen LogP contribution is 2.48. The Morgan fingerprint density at radius 2 is 1.20 bits per heavy atom. The van der Waals surface area contributed by atoms with Gasteiger partial charge in [-0.1, -0.05) is 6.42 Å². The largest absolute Gasteiger partial charge is 0.503 e. The molecule has 0 aromatic carbocycles. The molecule has 0 saturated heterocycles. The van der Waals surface area contributed by atoms with E-state index in [0.717, 1.165) is 35.8 Å². The summed E-state index contributed by atoms with van der Waals surface area (Å²) in [6.45, 7) is -1.67. The van der Waals surface area contributed by atoms with Crippen molar-refractivity contribution in [1.82, 2.24) is 41.2 Å². The number of aliphatic carboxylic acids is 4. The van der Waals surface area contributed by atoms with Crippen molar-refractivity contribution in [2.45, 2.75) is 79.6 Å². The minimum atomic E-state index is -1.48. The van der Waals surface area contributed by atoms with Gasteiger partial charge < -0.3 is 74.8 Å². The van der Waals surface area contributed by atoms with Gasteiger partial charge in [-0.15, -0.1) is 23.5 Å². The Labute approximate surface area is 377 Å². The molecule has 2 heterocycles. The predicted octanol–water partition coefficient (Wildman–Crippen LogP) is -3.17. The zero-order valence-corrected chi connectivity index (χ0v) is 36.0. The topological polar surface area (TPSA) is 479 Å². The number of hydrogen-bond donors (Lipinski definition) is 14. The molecule has 29 heteroatoms. The number of aromatic nitrogens is 4. The lowest BCUT2D eigenvalue weighted by atomic mass is 9.76. The Hall–Kier alpha value is -6.59. The number of rotatable bonds is 26. The molecule has 3 rings (SSSR count). The van der Waals surface area contributed by atoms with Crippen molar-refractivity contribution in [3.63, 3.8) is 0 Å². The summed E-state index contributed by atoms with van der Waals surface area (Å²) in [5.74, 6) is -14.3. The van der Waals surface area contributed by atoms with E-state index < -0.39 is 143 Å². The van der Waals surface area contributed by atoms with Gasteiger partial charge in [-0.25, -0.2) is 15.0 Å². The van der Waals surface area contributed by atoms with Crippen molar-refractivity contribution in [2.24, 2.45) is 23.3 Å². The summed E-state index contributed by atoms with van der Waals surface area (Å²) in [6.07, 6.45) is 0.138. The van der Waals surface area contributed by atoms with E-state index in [2.05, 4.69) is 41.2 Å². The van der Waals surface area contributed by atoms with Crippen LogP contribution in [0.2, 0.25) is 0 Å². The summed E-state index contributed by atoms with van der Waals surface area (Å²) in [4.78, 5) is 128. The lowest BCUT2D eigenvalue weighted by Crippen LogP contribution is -2.50. The molecule has 4 amide bonds. The highest BCUT2D eigenvalue weighted by Gasteiger charge is 2.44. The predicted molar refractivity (Wildman–Crippen MR) is 227 cm³/mol. The number of nitrogens with one attached hydrogen (secondary N) is 4. The van der Waals surface area contributed by atoms with Gasteiger partial charge in [0.1, 0.15) is 48.9 Å². The zero-order valence-electron chi connectivity index (χ0n) is 34.3. The van der Waals surface area contributed by atoms with Crippen molar-refractivity contribution < 1.29 is 73.8 Å². The summed E-state index contributed by atoms with van der Waals surface area (Å²) >= 11 is 1.79. The Balaban J connectivity index is 2.03. The molecule has 8 atom stereocenters. The number of nitrogens with two attached hydrogens (primary N) is 4. The Morgan fingerprint density at radius 1 is 0.723 bits per heavy atom. The highest BCUT2D eigenvalue weighted by atomic mass is 32.2. The molecule has 4 unspecified atom stereocenters. The van der Waals surface area contributed by atoms with Crippen molar-refractivity contribution in [3.8, 4) is 11.6 Å². The summed E-state index contributed by atoms with van der Waals surface area (Å²) in [5, 5.41) is 64.2. The molecule has 0 bridgehead atoms. The van der Waals surface area contributed by atoms with E-state index >= 15 is 0 Å². The van der Waals surface area contributed by atoms with Gasteiger partial charge in [-0.2, -0.15) is 4.98 Å². The summed E-state index contributed by atoms with van der Waals surface area (Å²) in [5.41, 5.74) is 22.9. The van der Waals surface area contributed by atoms with Gasteiger partial charge >= 0.3 is 23.9 Å². The zero-order chi connectivity index (χ0) is 48.5. The first-order valence-corrected chi connectivity index (χ1v) is 21.6. The van der Waals surface area contributed by atoms with Crippen LogP contribution >= 0.6 is 23.5 Å². The number of nitrogens with zero attached hydrogens (tertiary/aromatic N) is 4. The summed E-state index contributed by atoms with van der Waals surface area (Å²) in [6, 6.07) is -4.64. The smallest absolute Gasteiger partial charge is 0.322 e. The Morgan fingerprint density at radius 3 is 1.65 bits per heavy atom. The summed E-state index contributed by atoms with van der Waals surface area (Å²) < 4.78 is 0. The van der Waals surface area contributed by atoms with Gasteiger partial charge in [0.15, 0.2) is 11.6 Å². The van der Waals surface area contributed by atoms with Gasteiger partial charge in [0, 0.05) is 42.2 Å². The van der Waals surface area contributed by atoms with E-state index in [4.69, 9.17) is 33.1 Å². The maximum atomic E-state index is 14.9. The van der Waals surface area contributed by atoms with Crippen LogP contribution in [0.15, 0.2) is 12.3 Å². The normalized spacial score (nSPS) is 17.5. The molecular weight excluding hydrogens is 905 g/mol. The van der Waals surface area contributed by atoms with Gasteiger partial charge in [-0.05, 0) is 25.7 Å². The number of carbonyl (C=O) groups excluding carboxylic acids is 5. The lowest BCUT2D eigenvalue weighted by molar-refractivity contribution is -0.140. The number of carbonyl (C=O) groups is 9. The molecule has 2 aromatic heterocycles. The lowest BCUT2D eigenvalue weighted by Gasteiger charge is -2.36. The standard InChI is InChI=1S/C36H50N12O15S2/c37-16(34(60)61)4-6-22(50)44-19(32(58)42-10-25(53)54)12-64-28(18-8-24(52)47-36(40)46-18)14-2-1-3-15(27(14)57)29(31-41-9-21(49)30(39)48-31)65-13-20(33(59)43-11-26(55)56)45-23(51)7-5-17(38)35(62)63/h8-9,14-17,19-20,28-29,49H,1-7,10-13,37-38H2,(H,42,58)(H,43,59)(H,44,50)(H,45,51)(H,53,54)(H,55,56)(H,60,61)(H,62,63)(H2,39,41,48)(H3,40,46,47,52)/t14?,15?,16-,17+,19-,20-,28?,29?/m0/s1. The van der Waals surface area contributed by atoms with E-state index in [1.165, 1.54) is 0 Å². The third-order valence-electron chi connectivity index (χ3n) is 9.62. The van der Waals surface area contributed by atoms with Crippen LogP contribution in [-0.4, -0.2) is 153 Å². The van der Waals surface area contributed by atoms with Crippen LogP contribution in [0.5, 0.6) is 11.6 Å². The number of carboxylic acids is 4. The molecule has 65 heavy (non-hydrogen) atoms. The first-order valence-electron chi connectivity index (χ1n) is 19.5. The number of amides is 4. The molecule has 0 spiro atoms. The molecular formula is C36H50N12O15S2. The van der Waals surface area contributed by atoms with Crippen LogP contribution in [0, 0.1) is 11.8 Å². The quantitative estimate of drug-likeness (QED) is 0.0442. The molecule has 356 valence electrons. The maximum absolute atomic E-state index is 14.9. The minimum Gasteiger partial charge on any atom is -0.503 e. The van der Waals surface area contributed by atoms with Gasteiger partial charge in [0.25, 0.3) is 0 Å². The highest BCUT2D eigenvalue weighted by molar-refractivity contribution is 7.99. The van der Waals surface area contributed by atoms with Crippen LogP contribution in [0.1, 0.15) is 67.0 Å².